The highest BCUT2D eigenvalue weighted by atomic mass is 16.5. The van der Waals surface area contributed by atoms with E-state index in [0.717, 1.165) is 83.6 Å². The third-order valence-electron chi connectivity index (χ3n) is 10.0. The Morgan fingerprint density at radius 1 is 0.881 bits per heavy atom. The molecule has 4 aromatic rings. The number of nitrogen functional groups attached to an aromatic ring is 1. The SMILES string of the molecule is Nc1ncc(-c2nc(N3CCOCC3)c3ncc(-c4cccc(CC(=O)C56CC7CC(CC(C7)C5)C6)c4)cc3n2)cn1. The maximum absolute atomic E-state index is 13.8. The van der Waals surface area contributed by atoms with Crippen molar-refractivity contribution in [2.24, 2.45) is 23.2 Å². The van der Waals surface area contributed by atoms with Crippen LogP contribution in [-0.2, 0) is 16.0 Å². The molecule has 0 spiro atoms. The van der Waals surface area contributed by atoms with Gasteiger partial charge in [-0.15, -0.1) is 0 Å². The molecule has 4 heterocycles. The lowest BCUT2D eigenvalue weighted by Crippen LogP contribution is -2.50. The van der Waals surface area contributed by atoms with Gasteiger partial charge in [0.15, 0.2) is 11.6 Å². The van der Waals surface area contributed by atoms with Gasteiger partial charge in [0.25, 0.3) is 0 Å². The molecule has 9 heteroatoms. The monoisotopic (exact) mass is 561 g/mol. The Morgan fingerprint density at radius 2 is 1.57 bits per heavy atom. The number of anilines is 2. The van der Waals surface area contributed by atoms with E-state index in [2.05, 4.69) is 45.2 Å². The van der Waals surface area contributed by atoms with Crippen LogP contribution in [0.4, 0.5) is 11.8 Å². The first-order chi connectivity index (χ1) is 20.5. The number of carbonyl (C=O) groups excluding carboxylic acids is 1. The van der Waals surface area contributed by atoms with Crippen molar-refractivity contribution in [3.8, 4) is 22.5 Å². The molecule has 0 atom stereocenters. The number of hydrogen-bond acceptors (Lipinski definition) is 9. The third-order valence-corrected chi connectivity index (χ3v) is 10.0. The van der Waals surface area contributed by atoms with Crippen molar-refractivity contribution in [1.29, 1.82) is 0 Å². The van der Waals surface area contributed by atoms with Gasteiger partial charge in [-0.3, -0.25) is 9.78 Å². The fraction of sp³-hybridized carbons (Fsp3) is 0.455. The number of nitrogens with two attached hydrogens (primary N) is 1. The smallest absolute Gasteiger partial charge is 0.219 e. The second-order valence-corrected chi connectivity index (χ2v) is 12.9. The van der Waals surface area contributed by atoms with Crippen molar-refractivity contribution in [2.75, 3.05) is 36.9 Å². The molecule has 1 saturated heterocycles. The van der Waals surface area contributed by atoms with E-state index >= 15 is 0 Å². The molecule has 5 fully saturated rings. The van der Waals surface area contributed by atoms with E-state index < -0.39 is 0 Å². The number of nitrogens with zero attached hydrogens (tertiary/aromatic N) is 6. The van der Waals surface area contributed by atoms with Crippen LogP contribution in [0.5, 0.6) is 0 Å². The Kier molecular flexibility index (Phi) is 6.17. The number of benzene rings is 1. The minimum absolute atomic E-state index is 0.0791. The van der Waals surface area contributed by atoms with E-state index in [-0.39, 0.29) is 11.4 Å². The molecule has 1 aromatic carbocycles. The zero-order valence-corrected chi connectivity index (χ0v) is 23.7. The highest BCUT2D eigenvalue weighted by molar-refractivity contribution is 5.91. The molecule has 9 nitrogen and oxygen atoms in total. The summed E-state index contributed by atoms with van der Waals surface area (Å²) in [4.78, 5) is 38.9. The molecular formula is C33H35N7O2. The zero-order valence-electron chi connectivity index (χ0n) is 23.7. The summed E-state index contributed by atoms with van der Waals surface area (Å²) in [5.74, 6) is 4.26. The number of aromatic nitrogens is 5. The average Bonchev–Trinajstić information content (AvgIpc) is 3.00. The minimum atomic E-state index is -0.0791. The molecule has 0 radical (unpaired) electrons. The predicted octanol–water partition coefficient (Wildman–Crippen LogP) is 4.90. The van der Waals surface area contributed by atoms with Crippen molar-refractivity contribution in [1.82, 2.24) is 24.9 Å². The number of hydrogen-bond donors (Lipinski definition) is 1. The van der Waals surface area contributed by atoms with E-state index in [9.17, 15) is 4.79 Å². The molecule has 214 valence electrons. The molecule has 5 aliphatic rings. The van der Waals surface area contributed by atoms with Gasteiger partial charge in [-0.1, -0.05) is 24.3 Å². The summed E-state index contributed by atoms with van der Waals surface area (Å²) in [6, 6.07) is 10.4. The lowest BCUT2D eigenvalue weighted by atomic mass is 9.48. The Labute approximate surface area is 245 Å². The summed E-state index contributed by atoms with van der Waals surface area (Å²) in [5.41, 5.74) is 10.9. The summed E-state index contributed by atoms with van der Waals surface area (Å²) in [6.07, 6.45) is 13.1. The van der Waals surface area contributed by atoms with Gasteiger partial charge < -0.3 is 15.4 Å². The fourth-order valence-corrected chi connectivity index (χ4v) is 8.43. The van der Waals surface area contributed by atoms with Gasteiger partial charge in [0.2, 0.25) is 5.95 Å². The molecule has 0 amide bonds. The Balaban J connectivity index is 1.12. The van der Waals surface area contributed by atoms with Crippen LogP contribution in [0.3, 0.4) is 0 Å². The Hall–Kier alpha value is -3.98. The van der Waals surface area contributed by atoms with Crippen LogP contribution in [-0.4, -0.2) is 57.0 Å². The number of carbonyl (C=O) groups is 1. The average molecular weight is 562 g/mol. The normalized spacial score (nSPS) is 26.6. The number of pyridine rings is 1. The van der Waals surface area contributed by atoms with Gasteiger partial charge in [-0.25, -0.2) is 19.9 Å². The van der Waals surface area contributed by atoms with E-state index in [0.29, 0.717) is 36.8 Å². The summed E-state index contributed by atoms with van der Waals surface area (Å²) in [5, 5.41) is 0. The molecule has 2 N–H and O–H groups in total. The molecule has 42 heavy (non-hydrogen) atoms. The van der Waals surface area contributed by atoms with E-state index in [1.165, 1.54) is 19.3 Å². The first kappa shape index (κ1) is 25.7. The summed E-state index contributed by atoms with van der Waals surface area (Å²) in [6.45, 7) is 2.73. The number of morpholine rings is 1. The number of ketones is 1. The van der Waals surface area contributed by atoms with E-state index in [1.807, 2.05) is 6.20 Å². The van der Waals surface area contributed by atoms with Crippen LogP contribution < -0.4 is 10.6 Å². The van der Waals surface area contributed by atoms with Crippen LogP contribution in [0.2, 0.25) is 0 Å². The van der Waals surface area contributed by atoms with Gasteiger partial charge >= 0.3 is 0 Å². The standard InChI is InChI=1S/C33H35N7O2/c34-32-36-18-26(19-37-32)30-38-27-13-25(17-35-29(27)31(39-30)40-4-6-42-7-5-40)24-3-1-2-20(11-24)12-28(41)33-14-21-8-22(15-33)10-23(9-21)16-33/h1-3,11,13,17-19,21-23H,4-10,12,14-16H2,(H2,34,36,37). The third kappa shape index (κ3) is 4.60. The van der Waals surface area contributed by atoms with Crippen molar-refractivity contribution >= 4 is 28.6 Å². The Morgan fingerprint density at radius 3 is 2.29 bits per heavy atom. The quantitative estimate of drug-likeness (QED) is 0.351. The predicted molar refractivity (Wildman–Crippen MR) is 161 cm³/mol. The van der Waals surface area contributed by atoms with Crippen molar-refractivity contribution in [2.45, 2.75) is 44.9 Å². The molecular weight excluding hydrogens is 526 g/mol. The second-order valence-electron chi connectivity index (χ2n) is 12.9. The fourth-order valence-electron chi connectivity index (χ4n) is 8.43. The Bertz CT molecular complexity index is 1630. The van der Waals surface area contributed by atoms with Crippen LogP contribution in [0.15, 0.2) is 48.9 Å². The first-order valence-electron chi connectivity index (χ1n) is 15.2. The van der Waals surface area contributed by atoms with E-state index in [4.69, 9.17) is 25.4 Å². The highest BCUT2D eigenvalue weighted by Crippen LogP contribution is 2.60. The number of ether oxygens (including phenoxy) is 1. The lowest BCUT2D eigenvalue weighted by molar-refractivity contribution is -0.143. The maximum Gasteiger partial charge on any atom is 0.219 e. The van der Waals surface area contributed by atoms with Crippen LogP contribution in [0, 0.1) is 23.2 Å². The zero-order chi connectivity index (χ0) is 28.3. The molecule has 3 aromatic heterocycles. The van der Waals surface area contributed by atoms with Crippen molar-refractivity contribution in [3.05, 3.63) is 54.5 Å². The topological polar surface area (TPSA) is 120 Å². The van der Waals surface area contributed by atoms with Gasteiger partial charge in [-0.2, -0.15) is 0 Å². The van der Waals surface area contributed by atoms with Crippen molar-refractivity contribution < 1.29 is 9.53 Å². The molecule has 0 unspecified atom stereocenters. The molecule has 9 rings (SSSR count). The van der Waals surface area contributed by atoms with Gasteiger partial charge in [0.05, 0.1) is 24.3 Å². The second kappa shape index (κ2) is 10.1. The van der Waals surface area contributed by atoms with Crippen LogP contribution >= 0.6 is 0 Å². The lowest BCUT2D eigenvalue weighted by Gasteiger charge is -2.56. The largest absolute Gasteiger partial charge is 0.378 e. The summed E-state index contributed by atoms with van der Waals surface area (Å²) >= 11 is 0. The molecule has 4 aliphatic carbocycles. The highest BCUT2D eigenvalue weighted by Gasteiger charge is 2.54. The number of rotatable bonds is 6. The number of fused-ring (bicyclic) bond motifs is 1. The minimum Gasteiger partial charge on any atom is -0.378 e. The first-order valence-corrected chi connectivity index (χ1v) is 15.2. The van der Waals surface area contributed by atoms with Crippen LogP contribution in [0.25, 0.3) is 33.5 Å². The van der Waals surface area contributed by atoms with Gasteiger partial charge in [0, 0.05) is 49.1 Å². The molecule has 4 saturated carbocycles. The van der Waals surface area contributed by atoms with Gasteiger partial charge in [0.1, 0.15) is 11.3 Å². The summed E-state index contributed by atoms with van der Waals surface area (Å²) < 4.78 is 5.58. The summed E-state index contributed by atoms with van der Waals surface area (Å²) in [7, 11) is 0. The van der Waals surface area contributed by atoms with Crippen LogP contribution in [0.1, 0.15) is 44.1 Å². The van der Waals surface area contributed by atoms with Gasteiger partial charge in [-0.05, 0) is 73.5 Å². The van der Waals surface area contributed by atoms with Crippen molar-refractivity contribution in [3.63, 3.8) is 0 Å². The van der Waals surface area contributed by atoms with E-state index in [1.54, 1.807) is 12.4 Å². The molecule has 1 aliphatic heterocycles. The number of Topliss-reactive ketones (excluding diaryl/α,β-unsaturated/α-hetero) is 1. The maximum atomic E-state index is 13.8. The molecule has 4 bridgehead atoms.